The molecule has 0 aliphatic heterocycles. The lowest BCUT2D eigenvalue weighted by molar-refractivity contribution is 0.102. The highest BCUT2D eigenvalue weighted by atomic mass is 32.1. The number of amides is 1. The molecule has 0 spiro atoms. The van der Waals surface area contributed by atoms with Crippen LogP contribution in [0.1, 0.15) is 58.4 Å². The van der Waals surface area contributed by atoms with Crippen LogP contribution >= 0.6 is 22.7 Å². The lowest BCUT2D eigenvalue weighted by Crippen LogP contribution is -2.12. The monoisotopic (exact) mass is 347 g/mol. The Labute approximate surface area is 141 Å². The van der Waals surface area contributed by atoms with E-state index in [0.717, 1.165) is 9.97 Å². The zero-order chi connectivity index (χ0) is 15.8. The van der Waals surface area contributed by atoms with Gasteiger partial charge in [0.1, 0.15) is 10.7 Å². The zero-order valence-electron chi connectivity index (χ0n) is 12.8. The molecule has 3 aromatic heterocycles. The Morgan fingerprint density at radius 1 is 1.22 bits per heavy atom. The van der Waals surface area contributed by atoms with Gasteiger partial charge in [0.2, 0.25) is 5.13 Å². The van der Waals surface area contributed by atoms with E-state index in [0.29, 0.717) is 16.7 Å². The van der Waals surface area contributed by atoms with E-state index in [1.165, 1.54) is 48.3 Å². The summed E-state index contributed by atoms with van der Waals surface area (Å²) in [6, 6.07) is 0. The lowest BCUT2D eigenvalue weighted by Gasteiger charge is -2.18. The lowest BCUT2D eigenvalue weighted by atomic mass is 9.90. The van der Waals surface area contributed by atoms with Crippen LogP contribution < -0.4 is 5.32 Å². The summed E-state index contributed by atoms with van der Waals surface area (Å²) in [6.07, 6.45) is 9.91. The number of thiazole rings is 1. The molecule has 1 fully saturated rings. The van der Waals surface area contributed by atoms with Gasteiger partial charge in [-0.2, -0.15) is 0 Å². The number of aryl methyl sites for hydroxylation is 1. The van der Waals surface area contributed by atoms with E-state index in [2.05, 4.69) is 20.5 Å². The Hall–Kier alpha value is -1.80. The third kappa shape index (κ3) is 3.00. The Bertz CT molecular complexity index is 812. The largest absolute Gasteiger partial charge is 0.297 e. The summed E-state index contributed by atoms with van der Waals surface area (Å²) in [4.78, 5) is 18.7. The second-order valence-corrected chi connectivity index (χ2v) is 8.11. The van der Waals surface area contributed by atoms with Crippen molar-refractivity contribution in [2.45, 2.75) is 44.9 Å². The molecular formula is C15H17N5OS2. The van der Waals surface area contributed by atoms with Gasteiger partial charge in [-0.25, -0.2) is 4.98 Å². The average molecular weight is 347 g/mol. The Balaban J connectivity index is 1.47. The molecule has 8 heteroatoms. The van der Waals surface area contributed by atoms with Crippen LogP contribution in [-0.4, -0.2) is 25.5 Å². The van der Waals surface area contributed by atoms with Crippen LogP contribution in [0, 0.1) is 6.92 Å². The molecule has 6 nitrogen and oxygen atoms in total. The third-order valence-corrected chi connectivity index (χ3v) is 6.03. The molecule has 1 saturated carbocycles. The predicted octanol–water partition coefficient (Wildman–Crippen LogP) is 3.86. The van der Waals surface area contributed by atoms with E-state index < -0.39 is 0 Å². The first kappa shape index (κ1) is 14.8. The molecule has 1 aliphatic carbocycles. The SMILES string of the molecule is Cc1cn2cc(C(=O)Nc3nnc(C4CCCCC4)s3)nc2s1. The van der Waals surface area contributed by atoms with Crippen molar-refractivity contribution in [2.75, 3.05) is 5.32 Å². The van der Waals surface area contributed by atoms with Crippen molar-refractivity contribution >= 4 is 38.7 Å². The van der Waals surface area contributed by atoms with Gasteiger partial charge in [-0.15, -0.1) is 21.5 Å². The van der Waals surface area contributed by atoms with Crippen LogP contribution in [-0.2, 0) is 0 Å². The first-order valence-electron chi connectivity index (χ1n) is 7.79. The molecule has 120 valence electrons. The molecule has 0 bridgehead atoms. The fourth-order valence-electron chi connectivity index (χ4n) is 2.98. The van der Waals surface area contributed by atoms with Crippen molar-refractivity contribution in [3.05, 3.63) is 28.0 Å². The van der Waals surface area contributed by atoms with E-state index in [-0.39, 0.29) is 5.91 Å². The van der Waals surface area contributed by atoms with Gasteiger partial charge in [0.15, 0.2) is 4.96 Å². The molecule has 4 rings (SSSR count). The second kappa shape index (κ2) is 6.01. The highest BCUT2D eigenvalue weighted by Crippen LogP contribution is 2.35. The Morgan fingerprint density at radius 3 is 2.83 bits per heavy atom. The van der Waals surface area contributed by atoms with Crippen LogP contribution in [0.15, 0.2) is 12.4 Å². The van der Waals surface area contributed by atoms with Crippen molar-refractivity contribution in [2.24, 2.45) is 0 Å². The number of carbonyl (C=O) groups is 1. The van der Waals surface area contributed by atoms with Gasteiger partial charge in [0.25, 0.3) is 5.91 Å². The van der Waals surface area contributed by atoms with Gasteiger partial charge in [-0.1, -0.05) is 30.6 Å². The fourth-order valence-corrected chi connectivity index (χ4v) is 4.70. The van der Waals surface area contributed by atoms with Crippen LogP contribution in [0.2, 0.25) is 0 Å². The highest BCUT2D eigenvalue weighted by Gasteiger charge is 2.21. The highest BCUT2D eigenvalue weighted by molar-refractivity contribution is 7.17. The first-order chi connectivity index (χ1) is 11.2. The first-order valence-corrected chi connectivity index (χ1v) is 9.42. The number of rotatable bonds is 3. The molecule has 0 unspecified atom stereocenters. The summed E-state index contributed by atoms with van der Waals surface area (Å²) >= 11 is 3.05. The summed E-state index contributed by atoms with van der Waals surface area (Å²) < 4.78 is 1.88. The third-order valence-electron chi connectivity index (χ3n) is 4.12. The van der Waals surface area contributed by atoms with E-state index >= 15 is 0 Å². The van der Waals surface area contributed by atoms with Gasteiger partial charge in [0, 0.05) is 23.2 Å². The standard InChI is InChI=1S/C15H17N5OS2/c1-9-7-20-8-11(16-15(20)22-9)12(21)17-14-19-18-13(23-14)10-5-3-2-4-6-10/h7-8,10H,2-6H2,1H3,(H,17,19,21). The number of nitrogens with zero attached hydrogens (tertiary/aromatic N) is 4. The Kier molecular flexibility index (Phi) is 3.86. The molecule has 23 heavy (non-hydrogen) atoms. The van der Waals surface area contributed by atoms with Crippen LogP contribution in [0.5, 0.6) is 0 Å². The summed E-state index contributed by atoms with van der Waals surface area (Å²) in [5, 5.41) is 12.8. The summed E-state index contributed by atoms with van der Waals surface area (Å²) in [5.41, 5.74) is 0.408. The number of imidazole rings is 1. The number of aromatic nitrogens is 4. The molecule has 1 aliphatic rings. The van der Waals surface area contributed by atoms with Gasteiger partial charge >= 0.3 is 0 Å². The minimum Gasteiger partial charge on any atom is -0.297 e. The van der Waals surface area contributed by atoms with E-state index in [4.69, 9.17) is 0 Å². The average Bonchev–Trinajstić information content (AvgIpc) is 3.22. The van der Waals surface area contributed by atoms with Crippen molar-refractivity contribution in [1.82, 2.24) is 19.6 Å². The van der Waals surface area contributed by atoms with E-state index in [9.17, 15) is 4.79 Å². The molecule has 3 heterocycles. The number of hydrogen-bond donors (Lipinski definition) is 1. The summed E-state index contributed by atoms with van der Waals surface area (Å²) in [6.45, 7) is 2.02. The fraction of sp³-hybridized carbons (Fsp3) is 0.467. The summed E-state index contributed by atoms with van der Waals surface area (Å²) in [5.74, 6) is 0.276. The number of hydrogen-bond acceptors (Lipinski definition) is 6. The number of nitrogens with one attached hydrogen (secondary N) is 1. The predicted molar refractivity (Wildman–Crippen MR) is 91.5 cm³/mol. The van der Waals surface area contributed by atoms with Crippen molar-refractivity contribution < 1.29 is 4.79 Å². The van der Waals surface area contributed by atoms with Crippen LogP contribution in [0.3, 0.4) is 0 Å². The quantitative estimate of drug-likeness (QED) is 0.781. The minimum absolute atomic E-state index is 0.232. The van der Waals surface area contributed by atoms with Crippen molar-refractivity contribution in [1.29, 1.82) is 0 Å². The van der Waals surface area contributed by atoms with Gasteiger partial charge in [0.05, 0.1) is 0 Å². The van der Waals surface area contributed by atoms with Crippen LogP contribution in [0.25, 0.3) is 4.96 Å². The molecule has 0 atom stereocenters. The van der Waals surface area contributed by atoms with Gasteiger partial charge < -0.3 is 0 Å². The van der Waals surface area contributed by atoms with E-state index in [1.54, 1.807) is 17.5 Å². The summed E-state index contributed by atoms with van der Waals surface area (Å²) in [7, 11) is 0. The van der Waals surface area contributed by atoms with Crippen molar-refractivity contribution in [3.8, 4) is 0 Å². The molecule has 3 aromatic rings. The maximum atomic E-state index is 12.3. The smallest absolute Gasteiger partial charge is 0.277 e. The molecule has 0 aromatic carbocycles. The number of anilines is 1. The molecule has 1 amide bonds. The van der Waals surface area contributed by atoms with E-state index in [1.807, 2.05) is 17.5 Å². The molecule has 0 saturated heterocycles. The number of fused-ring (bicyclic) bond motifs is 1. The zero-order valence-corrected chi connectivity index (χ0v) is 14.4. The molecular weight excluding hydrogens is 330 g/mol. The maximum absolute atomic E-state index is 12.3. The Morgan fingerprint density at radius 2 is 2.04 bits per heavy atom. The van der Waals surface area contributed by atoms with Crippen molar-refractivity contribution in [3.63, 3.8) is 0 Å². The maximum Gasteiger partial charge on any atom is 0.277 e. The second-order valence-electron chi connectivity index (χ2n) is 5.89. The van der Waals surface area contributed by atoms with Gasteiger partial charge in [-0.3, -0.25) is 14.5 Å². The normalized spacial score (nSPS) is 16.0. The topological polar surface area (TPSA) is 72.2 Å². The van der Waals surface area contributed by atoms with Crippen LogP contribution in [0.4, 0.5) is 5.13 Å². The molecule has 0 radical (unpaired) electrons. The number of carbonyl (C=O) groups excluding carboxylic acids is 1. The minimum atomic E-state index is -0.232. The van der Waals surface area contributed by atoms with Gasteiger partial charge in [-0.05, 0) is 19.8 Å². The molecule has 1 N–H and O–H groups in total.